The average Bonchev–Trinajstić information content (AvgIpc) is 2.53. The van der Waals surface area contributed by atoms with Gasteiger partial charge in [0.2, 0.25) is 5.78 Å². The Bertz CT molecular complexity index is 634. The van der Waals surface area contributed by atoms with Crippen LogP contribution in [0.4, 0.5) is 0 Å². The molecule has 100 valence electrons. The van der Waals surface area contributed by atoms with Gasteiger partial charge in [-0.3, -0.25) is 9.78 Å². The van der Waals surface area contributed by atoms with Gasteiger partial charge >= 0.3 is 0 Å². The molecule has 1 aliphatic heterocycles. The first-order valence-electron chi connectivity index (χ1n) is 6.77. The Morgan fingerprint density at radius 3 is 2.70 bits per heavy atom. The van der Waals surface area contributed by atoms with Gasteiger partial charge in [0.15, 0.2) is 0 Å². The highest BCUT2D eigenvalue weighted by molar-refractivity contribution is 6.02. The van der Waals surface area contributed by atoms with Gasteiger partial charge in [0.05, 0.1) is 0 Å². The normalized spacial score (nSPS) is 14.3. The van der Waals surface area contributed by atoms with Crippen LogP contribution in [0.3, 0.4) is 0 Å². The van der Waals surface area contributed by atoms with E-state index in [0.717, 1.165) is 19.5 Å². The number of fused-ring (bicyclic) bond motifs is 1. The lowest BCUT2D eigenvalue weighted by Gasteiger charge is -2.27. The van der Waals surface area contributed by atoms with E-state index in [0.29, 0.717) is 5.69 Å². The van der Waals surface area contributed by atoms with Gasteiger partial charge in [-0.1, -0.05) is 30.3 Å². The summed E-state index contributed by atoms with van der Waals surface area (Å²) in [4.78, 5) is 18.2. The minimum Gasteiger partial charge on any atom is -0.373 e. The molecule has 0 saturated carbocycles. The molecule has 0 spiro atoms. The van der Waals surface area contributed by atoms with E-state index < -0.39 is 0 Å². The topological polar surface area (TPSA) is 33.2 Å². The molecule has 0 aliphatic carbocycles. The predicted octanol–water partition coefficient (Wildman–Crippen LogP) is 2.84. The molecule has 0 saturated heterocycles. The molecular formula is C17H16N2O. The van der Waals surface area contributed by atoms with Gasteiger partial charge in [-0.25, -0.2) is 0 Å². The molecule has 3 nitrogen and oxygen atoms in total. The van der Waals surface area contributed by atoms with Crippen molar-refractivity contribution in [3.8, 4) is 0 Å². The summed E-state index contributed by atoms with van der Waals surface area (Å²) < 4.78 is 0. The number of aromatic nitrogens is 1. The van der Waals surface area contributed by atoms with E-state index in [4.69, 9.17) is 0 Å². The van der Waals surface area contributed by atoms with Crippen molar-refractivity contribution in [2.75, 3.05) is 6.54 Å². The van der Waals surface area contributed by atoms with Gasteiger partial charge in [-0.2, -0.15) is 0 Å². The zero-order valence-corrected chi connectivity index (χ0v) is 11.2. The molecule has 0 N–H and O–H groups in total. The third-order valence-electron chi connectivity index (χ3n) is 3.51. The monoisotopic (exact) mass is 264 g/mol. The number of pyridine rings is 1. The van der Waals surface area contributed by atoms with Gasteiger partial charge in [0.25, 0.3) is 0 Å². The molecule has 0 amide bonds. The lowest BCUT2D eigenvalue weighted by Crippen LogP contribution is -2.25. The Morgan fingerprint density at radius 1 is 1.10 bits per heavy atom. The highest BCUT2D eigenvalue weighted by Gasteiger charge is 2.12. The fourth-order valence-corrected chi connectivity index (χ4v) is 2.41. The molecule has 0 fully saturated rings. The van der Waals surface area contributed by atoms with Crippen molar-refractivity contribution >= 4 is 5.78 Å². The minimum absolute atomic E-state index is 0.0514. The molecule has 0 unspecified atom stereocenters. The Kier molecular flexibility index (Phi) is 3.59. The second kappa shape index (κ2) is 5.70. The molecule has 2 heterocycles. The van der Waals surface area contributed by atoms with Crippen LogP contribution in [-0.2, 0) is 13.0 Å². The summed E-state index contributed by atoms with van der Waals surface area (Å²) in [6.07, 6.45) is 6.15. The molecule has 3 heteroatoms. The first kappa shape index (κ1) is 12.6. The second-order valence-electron chi connectivity index (χ2n) is 4.88. The fraction of sp³-hybridized carbons (Fsp3) is 0.176. The number of ketones is 1. The molecule has 0 bridgehead atoms. The third kappa shape index (κ3) is 2.77. The summed E-state index contributed by atoms with van der Waals surface area (Å²) in [5, 5.41) is 0. The van der Waals surface area contributed by atoms with Crippen LogP contribution >= 0.6 is 0 Å². The van der Waals surface area contributed by atoms with Crippen LogP contribution in [0.2, 0.25) is 0 Å². The standard InChI is InChI=1S/C17H16N2O/c20-17(16-7-3-4-10-18-16)9-12-19-11-8-14-5-1-2-6-15(14)13-19/h1-7,9-10,12H,8,11,13H2. The number of carbonyl (C=O) groups excluding carboxylic acids is 1. The highest BCUT2D eigenvalue weighted by atomic mass is 16.1. The highest BCUT2D eigenvalue weighted by Crippen LogP contribution is 2.18. The molecule has 3 rings (SSSR count). The molecule has 2 aromatic rings. The van der Waals surface area contributed by atoms with Crippen molar-refractivity contribution in [2.24, 2.45) is 0 Å². The molecule has 1 aromatic heterocycles. The average molecular weight is 264 g/mol. The van der Waals surface area contributed by atoms with Crippen molar-refractivity contribution in [1.82, 2.24) is 9.88 Å². The fourth-order valence-electron chi connectivity index (χ4n) is 2.41. The zero-order valence-electron chi connectivity index (χ0n) is 11.2. The van der Waals surface area contributed by atoms with E-state index in [-0.39, 0.29) is 5.78 Å². The van der Waals surface area contributed by atoms with Crippen LogP contribution < -0.4 is 0 Å². The van der Waals surface area contributed by atoms with Gasteiger partial charge in [-0.15, -0.1) is 0 Å². The van der Waals surface area contributed by atoms with Crippen molar-refractivity contribution in [2.45, 2.75) is 13.0 Å². The van der Waals surface area contributed by atoms with Gasteiger partial charge in [-0.05, 0) is 29.7 Å². The number of rotatable bonds is 3. The molecule has 0 radical (unpaired) electrons. The third-order valence-corrected chi connectivity index (χ3v) is 3.51. The summed E-state index contributed by atoms with van der Waals surface area (Å²) in [5.41, 5.74) is 3.24. The molecule has 1 aliphatic rings. The zero-order chi connectivity index (χ0) is 13.8. The van der Waals surface area contributed by atoms with E-state index in [9.17, 15) is 4.79 Å². The maximum Gasteiger partial charge on any atom is 0.205 e. The minimum atomic E-state index is -0.0514. The van der Waals surface area contributed by atoms with Crippen LogP contribution in [0.25, 0.3) is 0 Å². The summed E-state index contributed by atoms with van der Waals surface area (Å²) >= 11 is 0. The Labute approximate surface area is 118 Å². The lowest BCUT2D eigenvalue weighted by atomic mass is 10.0. The Hall–Kier alpha value is -2.42. The number of carbonyl (C=O) groups is 1. The molecular weight excluding hydrogens is 248 g/mol. The molecule has 1 aromatic carbocycles. The largest absolute Gasteiger partial charge is 0.373 e. The summed E-state index contributed by atoms with van der Waals surface area (Å²) in [7, 11) is 0. The van der Waals surface area contributed by atoms with Gasteiger partial charge in [0, 0.05) is 31.6 Å². The SMILES string of the molecule is O=C(C=CN1CCc2ccccc2C1)c1ccccn1. The van der Waals surface area contributed by atoms with E-state index in [1.54, 1.807) is 18.3 Å². The van der Waals surface area contributed by atoms with Crippen LogP contribution in [0.15, 0.2) is 60.9 Å². The summed E-state index contributed by atoms with van der Waals surface area (Å²) in [6.45, 7) is 1.81. The van der Waals surface area contributed by atoms with Crippen LogP contribution in [0.1, 0.15) is 21.6 Å². The molecule has 0 atom stereocenters. The maximum absolute atomic E-state index is 12.0. The Balaban J connectivity index is 1.68. The first-order chi connectivity index (χ1) is 9.83. The summed E-state index contributed by atoms with van der Waals surface area (Å²) in [6, 6.07) is 13.8. The van der Waals surface area contributed by atoms with E-state index in [1.165, 1.54) is 11.1 Å². The lowest BCUT2D eigenvalue weighted by molar-refractivity contribution is 0.104. The number of hydrogen-bond acceptors (Lipinski definition) is 3. The smallest absolute Gasteiger partial charge is 0.205 e. The van der Waals surface area contributed by atoms with Crippen LogP contribution in [-0.4, -0.2) is 22.2 Å². The second-order valence-corrected chi connectivity index (χ2v) is 4.88. The quantitative estimate of drug-likeness (QED) is 0.631. The number of nitrogens with zero attached hydrogens (tertiary/aromatic N) is 2. The van der Waals surface area contributed by atoms with Crippen molar-refractivity contribution in [1.29, 1.82) is 0 Å². The van der Waals surface area contributed by atoms with Crippen molar-refractivity contribution in [3.05, 3.63) is 77.8 Å². The van der Waals surface area contributed by atoms with Crippen LogP contribution in [0.5, 0.6) is 0 Å². The van der Waals surface area contributed by atoms with Crippen molar-refractivity contribution in [3.63, 3.8) is 0 Å². The predicted molar refractivity (Wildman–Crippen MR) is 78.3 cm³/mol. The number of benzene rings is 1. The number of allylic oxidation sites excluding steroid dienone is 1. The van der Waals surface area contributed by atoms with E-state index >= 15 is 0 Å². The summed E-state index contributed by atoms with van der Waals surface area (Å²) in [5.74, 6) is -0.0514. The van der Waals surface area contributed by atoms with E-state index in [2.05, 4.69) is 34.1 Å². The van der Waals surface area contributed by atoms with Crippen molar-refractivity contribution < 1.29 is 4.79 Å². The Morgan fingerprint density at radius 2 is 1.90 bits per heavy atom. The van der Waals surface area contributed by atoms with Crippen LogP contribution in [0, 0.1) is 0 Å². The van der Waals surface area contributed by atoms with E-state index in [1.807, 2.05) is 18.3 Å². The van der Waals surface area contributed by atoms with Gasteiger partial charge in [0.1, 0.15) is 5.69 Å². The van der Waals surface area contributed by atoms with Gasteiger partial charge < -0.3 is 4.90 Å². The first-order valence-corrected chi connectivity index (χ1v) is 6.77. The maximum atomic E-state index is 12.0. The molecule has 20 heavy (non-hydrogen) atoms. The number of hydrogen-bond donors (Lipinski definition) is 0.